The summed E-state index contributed by atoms with van der Waals surface area (Å²) in [5.74, 6) is 0.123. The van der Waals surface area contributed by atoms with Gasteiger partial charge in [-0.2, -0.15) is 0 Å². The summed E-state index contributed by atoms with van der Waals surface area (Å²) in [5, 5.41) is 3.66. The highest BCUT2D eigenvalue weighted by atomic mass is 35.5. The Morgan fingerprint density at radius 2 is 1.90 bits per heavy atom. The minimum Gasteiger partial charge on any atom is -0.487 e. The summed E-state index contributed by atoms with van der Waals surface area (Å²) in [4.78, 5) is 0. The molecule has 0 atom stereocenters. The summed E-state index contributed by atoms with van der Waals surface area (Å²) in [7, 11) is 0. The van der Waals surface area contributed by atoms with Gasteiger partial charge in [-0.05, 0) is 29.3 Å². The first-order valence-electron chi connectivity index (χ1n) is 6.93. The molecule has 0 radical (unpaired) electrons. The predicted octanol–water partition coefficient (Wildman–Crippen LogP) is 4.56. The summed E-state index contributed by atoms with van der Waals surface area (Å²) < 4.78 is 18.6. The van der Waals surface area contributed by atoms with Gasteiger partial charge in [0.25, 0.3) is 0 Å². The number of ether oxygens (including phenoxy) is 1. The van der Waals surface area contributed by atoms with Gasteiger partial charge in [0, 0.05) is 12.6 Å². The summed E-state index contributed by atoms with van der Waals surface area (Å²) in [6.07, 6.45) is 0. The molecule has 21 heavy (non-hydrogen) atoms. The first kappa shape index (κ1) is 15.8. The van der Waals surface area contributed by atoms with Crippen LogP contribution in [0, 0.1) is 5.82 Å². The van der Waals surface area contributed by atoms with Gasteiger partial charge in [0.05, 0.1) is 5.02 Å². The molecular formula is C17H19ClFNO. The fraction of sp³-hybridized carbons (Fsp3) is 0.294. The molecule has 0 fully saturated rings. The van der Waals surface area contributed by atoms with E-state index in [1.807, 2.05) is 12.1 Å². The van der Waals surface area contributed by atoms with E-state index in [0.717, 1.165) is 12.1 Å². The van der Waals surface area contributed by atoms with E-state index in [2.05, 4.69) is 31.3 Å². The highest BCUT2D eigenvalue weighted by Gasteiger charge is 2.04. The van der Waals surface area contributed by atoms with E-state index in [9.17, 15) is 4.39 Å². The lowest BCUT2D eigenvalue weighted by atomic mass is 10.1. The Labute approximate surface area is 129 Å². The van der Waals surface area contributed by atoms with Gasteiger partial charge in [-0.3, -0.25) is 0 Å². The lowest BCUT2D eigenvalue weighted by Gasteiger charge is -2.11. The normalized spacial score (nSPS) is 10.9. The first-order chi connectivity index (χ1) is 10.0. The molecule has 112 valence electrons. The zero-order chi connectivity index (χ0) is 15.2. The van der Waals surface area contributed by atoms with Gasteiger partial charge in [-0.1, -0.05) is 49.7 Å². The molecule has 1 N–H and O–H groups in total. The summed E-state index contributed by atoms with van der Waals surface area (Å²) in [5.41, 5.74) is 2.26. The highest BCUT2D eigenvalue weighted by molar-refractivity contribution is 6.32. The van der Waals surface area contributed by atoms with Crippen molar-refractivity contribution in [2.24, 2.45) is 0 Å². The van der Waals surface area contributed by atoms with Crippen molar-refractivity contribution < 1.29 is 9.13 Å². The Kier molecular flexibility index (Phi) is 5.59. The fourth-order valence-electron chi connectivity index (χ4n) is 1.90. The van der Waals surface area contributed by atoms with Crippen molar-refractivity contribution in [1.29, 1.82) is 0 Å². The number of hydrogen-bond donors (Lipinski definition) is 1. The van der Waals surface area contributed by atoms with Crippen molar-refractivity contribution in [2.45, 2.75) is 33.0 Å². The Morgan fingerprint density at radius 3 is 2.62 bits per heavy atom. The SMILES string of the molecule is CC(C)NCc1cccc(COc2ccc(F)cc2Cl)c1. The minimum atomic E-state index is -0.367. The third-order valence-electron chi connectivity index (χ3n) is 2.99. The van der Waals surface area contributed by atoms with Crippen molar-refractivity contribution in [3.05, 3.63) is 64.4 Å². The Hall–Kier alpha value is -1.58. The molecular weight excluding hydrogens is 289 g/mol. The third-order valence-corrected chi connectivity index (χ3v) is 3.29. The smallest absolute Gasteiger partial charge is 0.138 e. The van der Waals surface area contributed by atoms with E-state index >= 15 is 0 Å². The molecule has 0 aliphatic carbocycles. The van der Waals surface area contributed by atoms with E-state index in [4.69, 9.17) is 16.3 Å². The maximum absolute atomic E-state index is 13.0. The minimum absolute atomic E-state index is 0.285. The summed E-state index contributed by atoms with van der Waals surface area (Å²) in [6, 6.07) is 12.7. The number of halogens is 2. The zero-order valence-corrected chi connectivity index (χ0v) is 13.0. The van der Waals surface area contributed by atoms with Crippen LogP contribution in [0.25, 0.3) is 0 Å². The van der Waals surface area contributed by atoms with Crippen LogP contribution in [-0.2, 0) is 13.2 Å². The zero-order valence-electron chi connectivity index (χ0n) is 12.2. The Morgan fingerprint density at radius 1 is 1.14 bits per heavy atom. The second kappa shape index (κ2) is 7.43. The van der Waals surface area contributed by atoms with Crippen molar-refractivity contribution >= 4 is 11.6 Å². The topological polar surface area (TPSA) is 21.3 Å². The van der Waals surface area contributed by atoms with Gasteiger partial charge in [0.1, 0.15) is 18.2 Å². The van der Waals surface area contributed by atoms with Crippen LogP contribution in [0.4, 0.5) is 4.39 Å². The van der Waals surface area contributed by atoms with Crippen LogP contribution in [0.5, 0.6) is 5.75 Å². The molecule has 0 aliphatic rings. The summed E-state index contributed by atoms with van der Waals surface area (Å²) in [6.45, 7) is 5.46. The molecule has 2 aromatic rings. The standard InChI is InChI=1S/C17H19ClFNO/c1-12(2)20-10-13-4-3-5-14(8-13)11-21-17-7-6-15(19)9-16(17)18/h3-9,12,20H,10-11H2,1-2H3. The second-order valence-corrected chi connectivity index (χ2v) is 5.63. The molecule has 2 nitrogen and oxygen atoms in total. The molecule has 0 heterocycles. The molecule has 4 heteroatoms. The first-order valence-corrected chi connectivity index (χ1v) is 7.31. The van der Waals surface area contributed by atoms with Crippen LogP contribution >= 0.6 is 11.6 Å². The molecule has 0 unspecified atom stereocenters. The van der Waals surface area contributed by atoms with Crippen molar-refractivity contribution in [3.8, 4) is 5.75 Å². The average Bonchev–Trinajstić information content (AvgIpc) is 2.45. The van der Waals surface area contributed by atoms with Gasteiger partial charge >= 0.3 is 0 Å². The lowest BCUT2D eigenvalue weighted by molar-refractivity contribution is 0.306. The van der Waals surface area contributed by atoms with Gasteiger partial charge in [-0.15, -0.1) is 0 Å². The monoisotopic (exact) mass is 307 g/mol. The molecule has 0 amide bonds. The van der Waals surface area contributed by atoms with E-state index < -0.39 is 0 Å². The van der Waals surface area contributed by atoms with E-state index in [-0.39, 0.29) is 10.8 Å². The van der Waals surface area contributed by atoms with E-state index in [1.165, 1.54) is 17.7 Å². The van der Waals surface area contributed by atoms with Gasteiger partial charge in [0.2, 0.25) is 0 Å². The van der Waals surface area contributed by atoms with Crippen LogP contribution in [-0.4, -0.2) is 6.04 Å². The number of rotatable bonds is 6. The van der Waals surface area contributed by atoms with Crippen LogP contribution in [0.3, 0.4) is 0 Å². The number of benzene rings is 2. The van der Waals surface area contributed by atoms with Crippen LogP contribution in [0.1, 0.15) is 25.0 Å². The molecule has 0 bridgehead atoms. The number of nitrogens with one attached hydrogen (secondary N) is 1. The molecule has 0 aromatic heterocycles. The summed E-state index contributed by atoms with van der Waals surface area (Å²) >= 11 is 5.94. The maximum atomic E-state index is 13.0. The van der Waals surface area contributed by atoms with Crippen LogP contribution in [0.2, 0.25) is 5.02 Å². The predicted molar refractivity (Wildman–Crippen MR) is 84.2 cm³/mol. The second-order valence-electron chi connectivity index (χ2n) is 5.22. The average molecular weight is 308 g/mol. The van der Waals surface area contributed by atoms with Crippen molar-refractivity contribution in [2.75, 3.05) is 0 Å². The maximum Gasteiger partial charge on any atom is 0.138 e. The van der Waals surface area contributed by atoms with Crippen molar-refractivity contribution in [3.63, 3.8) is 0 Å². The quantitative estimate of drug-likeness (QED) is 0.845. The van der Waals surface area contributed by atoms with Crippen molar-refractivity contribution in [1.82, 2.24) is 5.32 Å². The van der Waals surface area contributed by atoms with Crippen LogP contribution in [0.15, 0.2) is 42.5 Å². The molecule has 0 saturated carbocycles. The molecule has 0 spiro atoms. The van der Waals surface area contributed by atoms with Gasteiger partial charge in [0.15, 0.2) is 0 Å². The molecule has 2 rings (SSSR count). The highest BCUT2D eigenvalue weighted by Crippen LogP contribution is 2.25. The number of hydrogen-bond acceptors (Lipinski definition) is 2. The van der Waals surface area contributed by atoms with E-state index in [0.29, 0.717) is 18.4 Å². The molecule has 0 saturated heterocycles. The van der Waals surface area contributed by atoms with Crippen LogP contribution < -0.4 is 10.1 Å². The fourth-order valence-corrected chi connectivity index (χ4v) is 2.13. The van der Waals surface area contributed by atoms with Gasteiger partial charge < -0.3 is 10.1 Å². The molecule has 2 aromatic carbocycles. The third kappa shape index (κ3) is 5.03. The Balaban J connectivity index is 1.98. The van der Waals surface area contributed by atoms with Gasteiger partial charge in [-0.25, -0.2) is 4.39 Å². The van der Waals surface area contributed by atoms with E-state index in [1.54, 1.807) is 6.07 Å². The molecule has 0 aliphatic heterocycles. The lowest BCUT2D eigenvalue weighted by Crippen LogP contribution is -2.21. The Bertz CT molecular complexity index is 601. The largest absolute Gasteiger partial charge is 0.487 e.